The summed E-state index contributed by atoms with van der Waals surface area (Å²) < 4.78 is 2.00. The summed E-state index contributed by atoms with van der Waals surface area (Å²) in [7, 11) is 1.98. The molecule has 3 heterocycles. The van der Waals surface area contributed by atoms with Gasteiger partial charge in [-0.05, 0) is 18.2 Å². The summed E-state index contributed by atoms with van der Waals surface area (Å²) in [5, 5.41) is 1.09. The van der Waals surface area contributed by atoms with Gasteiger partial charge in [0.2, 0.25) is 0 Å². The highest BCUT2D eigenvalue weighted by molar-refractivity contribution is 5.96. The molecule has 2 aliphatic heterocycles. The van der Waals surface area contributed by atoms with E-state index in [0.29, 0.717) is 0 Å². The third-order valence-electron chi connectivity index (χ3n) is 3.23. The molecule has 0 unspecified atom stereocenters. The van der Waals surface area contributed by atoms with Gasteiger partial charge in [-0.3, -0.25) is 0 Å². The maximum Gasteiger partial charge on any atom is 0.161 e. The molecule has 4 heteroatoms. The summed E-state index contributed by atoms with van der Waals surface area (Å²) in [6.45, 7) is 0. The van der Waals surface area contributed by atoms with Crippen molar-refractivity contribution < 1.29 is 0 Å². The SMILES string of the molecule is Cn1c2nc3ccccc3c-2nc2cccnc21. The number of para-hydroxylation sites is 1. The Morgan fingerprint density at radius 2 is 1.78 bits per heavy atom. The number of hydrogen-bond donors (Lipinski definition) is 0. The summed E-state index contributed by atoms with van der Waals surface area (Å²) in [6, 6.07) is 11.9. The normalized spacial score (nSPS) is 11.6. The standard InChI is InChI=1S/C14H10N4/c1-18-13-11(7-4-8-15-13)16-12-9-5-2-3-6-10(9)17-14(12)18/h2-8H,1H3. The van der Waals surface area contributed by atoms with Crippen molar-refractivity contribution in [2.75, 3.05) is 0 Å². The molecule has 0 bridgehead atoms. The number of aromatic nitrogens is 4. The van der Waals surface area contributed by atoms with Gasteiger partial charge in [-0.2, -0.15) is 0 Å². The van der Waals surface area contributed by atoms with Gasteiger partial charge in [0, 0.05) is 18.6 Å². The second kappa shape index (κ2) is 3.26. The van der Waals surface area contributed by atoms with E-state index in [4.69, 9.17) is 0 Å². The molecule has 0 aliphatic carbocycles. The number of rotatable bonds is 0. The average Bonchev–Trinajstić information content (AvgIpc) is 2.79. The van der Waals surface area contributed by atoms with Crippen LogP contribution < -0.4 is 0 Å². The van der Waals surface area contributed by atoms with E-state index in [1.54, 1.807) is 6.20 Å². The van der Waals surface area contributed by atoms with Crippen LogP contribution in [0.4, 0.5) is 0 Å². The van der Waals surface area contributed by atoms with Gasteiger partial charge in [-0.1, -0.05) is 18.2 Å². The van der Waals surface area contributed by atoms with E-state index in [-0.39, 0.29) is 0 Å². The zero-order valence-electron chi connectivity index (χ0n) is 9.83. The molecule has 4 nitrogen and oxygen atoms in total. The summed E-state index contributed by atoms with van der Waals surface area (Å²) in [5.74, 6) is 0.877. The molecule has 1 aromatic heterocycles. The summed E-state index contributed by atoms with van der Waals surface area (Å²) in [6.07, 6.45) is 1.78. The first-order valence-corrected chi connectivity index (χ1v) is 5.80. The zero-order chi connectivity index (χ0) is 12.1. The molecule has 0 saturated heterocycles. The van der Waals surface area contributed by atoms with Crippen LogP contribution in [0.3, 0.4) is 0 Å². The first kappa shape index (κ1) is 9.53. The minimum absolute atomic E-state index is 0.854. The highest BCUT2D eigenvalue weighted by Crippen LogP contribution is 2.30. The molecular weight excluding hydrogens is 224 g/mol. The summed E-state index contributed by atoms with van der Waals surface area (Å²) >= 11 is 0. The van der Waals surface area contributed by atoms with Gasteiger partial charge in [-0.25, -0.2) is 15.0 Å². The van der Waals surface area contributed by atoms with Gasteiger partial charge < -0.3 is 4.57 Å². The average molecular weight is 234 g/mol. The molecule has 86 valence electrons. The van der Waals surface area contributed by atoms with Crippen molar-refractivity contribution in [3.05, 3.63) is 42.6 Å². The number of fused-ring (bicyclic) bond motifs is 4. The maximum atomic E-state index is 4.68. The van der Waals surface area contributed by atoms with E-state index in [1.165, 1.54) is 0 Å². The van der Waals surface area contributed by atoms with Crippen LogP contribution in [0.2, 0.25) is 0 Å². The molecule has 0 atom stereocenters. The number of hydrogen-bond acceptors (Lipinski definition) is 3. The van der Waals surface area contributed by atoms with E-state index in [2.05, 4.69) is 21.0 Å². The molecule has 18 heavy (non-hydrogen) atoms. The highest BCUT2D eigenvalue weighted by atomic mass is 15.1. The van der Waals surface area contributed by atoms with E-state index < -0.39 is 0 Å². The Balaban J connectivity index is 2.29. The van der Waals surface area contributed by atoms with Crippen molar-refractivity contribution in [1.29, 1.82) is 0 Å². The van der Waals surface area contributed by atoms with Crippen LogP contribution in [0.25, 0.3) is 33.6 Å². The third kappa shape index (κ3) is 1.12. The first-order chi connectivity index (χ1) is 8.84. The van der Waals surface area contributed by atoms with Gasteiger partial charge in [-0.15, -0.1) is 0 Å². The molecule has 0 N–H and O–H groups in total. The van der Waals surface area contributed by atoms with Crippen LogP contribution in [0.5, 0.6) is 0 Å². The Morgan fingerprint density at radius 1 is 0.944 bits per heavy atom. The van der Waals surface area contributed by atoms with E-state index >= 15 is 0 Å². The number of pyridine rings is 1. The van der Waals surface area contributed by atoms with Gasteiger partial charge >= 0.3 is 0 Å². The van der Waals surface area contributed by atoms with Gasteiger partial charge in [0.05, 0.1) is 5.52 Å². The molecule has 1 aromatic carbocycles. The Kier molecular flexibility index (Phi) is 1.73. The van der Waals surface area contributed by atoms with Gasteiger partial charge in [0.25, 0.3) is 0 Å². The van der Waals surface area contributed by atoms with E-state index in [0.717, 1.165) is 33.6 Å². The molecule has 0 spiro atoms. The summed E-state index contributed by atoms with van der Waals surface area (Å²) in [4.78, 5) is 13.7. The second-order valence-corrected chi connectivity index (χ2v) is 4.32. The fourth-order valence-electron chi connectivity index (χ4n) is 2.36. The van der Waals surface area contributed by atoms with Crippen LogP contribution >= 0.6 is 0 Å². The predicted octanol–water partition coefficient (Wildman–Crippen LogP) is 2.62. The van der Waals surface area contributed by atoms with Crippen molar-refractivity contribution in [1.82, 2.24) is 19.5 Å². The van der Waals surface area contributed by atoms with Crippen LogP contribution in [0, 0.1) is 0 Å². The van der Waals surface area contributed by atoms with Crippen molar-refractivity contribution in [3.63, 3.8) is 0 Å². The van der Waals surface area contributed by atoms with Crippen molar-refractivity contribution in [2.45, 2.75) is 0 Å². The van der Waals surface area contributed by atoms with Crippen LogP contribution in [-0.4, -0.2) is 19.5 Å². The minimum Gasteiger partial charge on any atom is -0.311 e. The number of aryl methyl sites for hydroxylation is 1. The zero-order valence-corrected chi connectivity index (χ0v) is 9.83. The second-order valence-electron chi connectivity index (χ2n) is 4.32. The lowest BCUT2D eigenvalue weighted by molar-refractivity contribution is 0.907. The predicted molar refractivity (Wildman–Crippen MR) is 70.4 cm³/mol. The fourth-order valence-corrected chi connectivity index (χ4v) is 2.36. The van der Waals surface area contributed by atoms with Crippen molar-refractivity contribution in [3.8, 4) is 11.5 Å². The number of nitrogens with zero attached hydrogens (tertiary/aromatic N) is 4. The third-order valence-corrected chi connectivity index (χ3v) is 3.23. The van der Waals surface area contributed by atoms with Gasteiger partial charge in [0.15, 0.2) is 11.5 Å². The molecular formula is C14H10N4. The Morgan fingerprint density at radius 3 is 2.72 bits per heavy atom. The largest absolute Gasteiger partial charge is 0.311 e. The van der Waals surface area contributed by atoms with E-state index in [9.17, 15) is 0 Å². The van der Waals surface area contributed by atoms with Crippen LogP contribution in [0.15, 0.2) is 42.6 Å². The molecule has 4 rings (SSSR count). The quantitative estimate of drug-likeness (QED) is 0.469. The minimum atomic E-state index is 0.854. The fraction of sp³-hybridized carbons (Fsp3) is 0.0714. The van der Waals surface area contributed by atoms with Crippen LogP contribution in [-0.2, 0) is 7.05 Å². The highest BCUT2D eigenvalue weighted by Gasteiger charge is 2.17. The van der Waals surface area contributed by atoms with Crippen molar-refractivity contribution in [2.24, 2.45) is 7.05 Å². The maximum absolute atomic E-state index is 4.68. The lowest BCUT2D eigenvalue weighted by Crippen LogP contribution is -2.03. The molecule has 0 fully saturated rings. The Labute approximate surface area is 103 Å². The summed E-state index contributed by atoms with van der Waals surface area (Å²) in [5.41, 5.74) is 3.66. The van der Waals surface area contributed by atoms with E-state index in [1.807, 2.05) is 41.9 Å². The first-order valence-electron chi connectivity index (χ1n) is 5.80. The molecule has 2 aromatic rings. The Hall–Kier alpha value is -2.49. The van der Waals surface area contributed by atoms with Crippen molar-refractivity contribution >= 4 is 22.1 Å². The monoisotopic (exact) mass is 234 g/mol. The lowest BCUT2D eigenvalue weighted by Gasteiger charge is -2.08. The molecule has 0 saturated carbocycles. The molecule has 0 amide bonds. The molecule has 2 aliphatic rings. The van der Waals surface area contributed by atoms with Crippen LogP contribution in [0.1, 0.15) is 0 Å². The lowest BCUT2D eigenvalue weighted by atomic mass is 10.2. The topological polar surface area (TPSA) is 43.6 Å². The smallest absolute Gasteiger partial charge is 0.161 e. The number of benzene rings is 1. The Bertz CT molecular complexity index is 847. The molecule has 0 radical (unpaired) electrons. The van der Waals surface area contributed by atoms with Gasteiger partial charge in [0.1, 0.15) is 11.2 Å².